The number of hydrogen-bond donors (Lipinski definition) is 2. The Morgan fingerprint density at radius 1 is 1.41 bits per heavy atom. The van der Waals surface area contributed by atoms with Crippen molar-refractivity contribution in [1.29, 1.82) is 0 Å². The third kappa shape index (κ3) is 4.56. The van der Waals surface area contributed by atoms with Gasteiger partial charge in [-0.05, 0) is 38.2 Å². The molecule has 1 heterocycles. The lowest BCUT2D eigenvalue weighted by atomic mass is 10.2. The monoisotopic (exact) mass is 304 g/mol. The van der Waals surface area contributed by atoms with Crippen LogP contribution in [-0.2, 0) is 12.8 Å². The van der Waals surface area contributed by atoms with Gasteiger partial charge in [0.2, 0.25) is 11.8 Å². The summed E-state index contributed by atoms with van der Waals surface area (Å²) in [5.74, 6) is 1.43. The molecule has 0 aliphatic carbocycles. The number of primary amides is 1. The fraction of sp³-hybridized carbons (Fsp3) is 0.400. The van der Waals surface area contributed by atoms with Crippen LogP contribution in [-0.4, -0.2) is 35.7 Å². The van der Waals surface area contributed by atoms with E-state index in [4.69, 9.17) is 15.0 Å². The van der Waals surface area contributed by atoms with Crippen molar-refractivity contribution in [2.75, 3.05) is 13.7 Å². The molecule has 118 valence electrons. The van der Waals surface area contributed by atoms with Crippen molar-refractivity contribution in [3.05, 3.63) is 41.5 Å². The highest BCUT2D eigenvalue weighted by atomic mass is 16.5. The highest BCUT2D eigenvalue weighted by Crippen LogP contribution is 2.12. The maximum atomic E-state index is 11.0. The van der Waals surface area contributed by atoms with Crippen LogP contribution in [0.25, 0.3) is 0 Å². The first-order chi connectivity index (χ1) is 10.6. The summed E-state index contributed by atoms with van der Waals surface area (Å²) in [4.78, 5) is 15.3. The highest BCUT2D eigenvalue weighted by Gasteiger charge is 2.09. The second-order valence-corrected chi connectivity index (χ2v) is 4.99. The van der Waals surface area contributed by atoms with Crippen LogP contribution < -0.4 is 15.8 Å². The first-order valence-corrected chi connectivity index (χ1v) is 7.10. The summed E-state index contributed by atoms with van der Waals surface area (Å²) < 4.78 is 10.7. The van der Waals surface area contributed by atoms with Crippen LogP contribution in [0.4, 0.5) is 0 Å². The molecule has 2 rings (SSSR count). The van der Waals surface area contributed by atoms with Gasteiger partial charge in [-0.2, -0.15) is 4.98 Å². The number of ether oxygens (including phenoxy) is 1. The molecule has 0 saturated heterocycles. The highest BCUT2D eigenvalue weighted by molar-refractivity contribution is 5.92. The molecule has 0 bridgehead atoms. The molecule has 2 aromatic rings. The smallest absolute Gasteiger partial charge is 0.248 e. The quantitative estimate of drug-likeness (QED) is 0.752. The van der Waals surface area contributed by atoms with Gasteiger partial charge in [0.25, 0.3) is 0 Å². The van der Waals surface area contributed by atoms with Gasteiger partial charge in [-0.15, -0.1) is 0 Å². The van der Waals surface area contributed by atoms with Crippen molar-refractivity contribution >= 4 is 5.91 Å². The molecule has 1 aromatic carbocycles. The molecule has 0 radical (unpaired) electrons. The van der Waals surface area contributed by atoms with Crippen LogP contribution in [0.3, 0.4) is 0 Å². The maximum absolute atomic E-state index is 11.0. The van der Waals surface area contributed by atoms with Gasteiger partial charge in [0.05, 0.1) is 13.0 Å². The SMILES string of the molecule is CNC(C)Cc1noc(CCOc2ccc(C(N)=O)cc2)n1. The summed E-state index contributed by atoms with van der Waals surface area (Å²) in [7, 11) is 1.89. The predicted octanol–water partition coefficient (Wildman–Crippen LogP) is 0.940. The molecule has 0 aliphatic heterocycles. The van der Waals surface area contributed by atoms with Crippen molar-refractivity contribution in [1.82, 2.24) is 15.5 Å². The molecule has 0 fully saturated rings. The Hall–Kier alpha value is -2.41. The standard InChI is InChI=1S/C15H20N4O3/c1-10(17-2)9-13-18-14(22-19-13)7-8-21-12-5-3-11(4-6-12)15(16)20/h3-6,10,17H,7-9H2,1-2H3,(H2,16,20). The lowest BCUT2D eigenvalue weighted by Crippen LogP contribution is -2.24. The minimum absolute atomic E-state index is 0.297. The molecule has 0 aliphatic rings. The Kier molecular flexibility index (Phi) is 5.48. The van der Waals surface area contributed by atoms with E-state index in [2.05, 4.69) is 22.4 Å². The topological polar surface area (TPSA) is 103 Å². The number of hydrogen-bond acceptors (Lipinski definition) is 6. The van der Waals surface area contributed by atoms with E-state index in [-0.39, 0.29) is 0 Å². The third-order valence-corrected chi connectivity index (χ3v) is 3.22. The number of carbonyl (C=O) groups excluding carboxylic acids is 1. The maximum Gasteiger partial charge on any atom is 0.248 e. The van der Waals surface area contributed by atoms with Crippen LogP contribution in [0.2, 0.25) is 0 Å². The normalized spacial score (nSPS) is 12.1. The minimum Gasteiger partial charge on any atom is -0.493 e. The largest absolute Gasteiger partial charge is 0.493 e. The lowest BCUT2D eigenvalue weighted by Gasteiger charge is -2.05. The Bertz CT molecular complexity index is 610. The van der Waals surface area contributed by atoms with Crippen LogP contribution in [0, 0.1) is 0 Å². The van der Waals surface area contributed by atoms with Crippen LogP contribution in [0.15, 0.2) is 28.8 Å². The number of likely N-dealkylation sites (N-methyl/N-ethyl adjacent to an activating group) is 1. The average molecular weight is 304 g/mol. The third-order valence-electron chi connectivity index (χ3n) is 3.22. The number of nitrogens with one attached hydrogen (secondary N) is 1. The summed E-state index contributed by atoms with van der Waals surface area (Å²) in [6.07, 6.45) is 1.24. The molecular weight excluding hydrogens is 284 g/mol. The fourth-order valence-electron chi connectivity index (χ4n) is 1.82. The van der Waals surface area contributed by atoms with Gasteiger partial charge < -0.3 is 20.3 Å². The molecule has 7 nitrogen and oxygen atoms in total. The van der Waals surface area contributed by atoms with Gasteiger partial charge in [-0.25, -0.2) is 0 Å². The van der Waals surface area contributed by atoms with Crippen LogP contribution in [0.5, 0.6) is 5.75 Å². The number of amides is 1. The molecular formula is C15H20N4O3. The molecule has 0 spiro atoms. The van der Waals surface area contributed by atoms with Gasteiger partial charge in [-0.1, -0.05) is 5.16 Å². The first-order valence-electron chi connectivity index (χ1n) is 7.10. The number of aromatic nitrogens is 2. The van der Waals surface area contributed by atoms with Gasteiger partial charge in [-0.3, -0.25) is 4.79 Å². The summed E-state index contributed by atoms with van der Waals surface area (Å²) in [6.45, 7) is 2.47. The molecule has 3 N–H and O–H groups in total. The van der Waals surface area contributed by atoms with E-state index in [1.807, 2.05) is 7.05 Å². The zero-order chi connectivity index (χ0) is 15.9. The second-order valence-electron chi connectivity index (χ2n) is 4.99. The van der Waals surface area contributed by atoms with Gasteiger partial charge >= 0.3 is 0 Å². The molecule has 1 atom stereocenters. The number of nitrogens with zero attached hydrogens (tertiary/aromatic N) is 2. The average Bonchev–Trinajstić information content (AvgIpc) is 2.95. The van der Waals surface area contributed by atoms with Crippen molar-refractivity contribution in [2.45, 2.75) is 25.8 Å². The Morgan fingerprint density at radius 3 is 2.77 bits per heavy atom. The summed E-state index contributed by atoms with van der Waals surface area (Å²) in [5.41, 5.74) is 5.63. The fourth-order valence-corrected chi connectivity index (χ4v) is 1.82. The predicted molar refractivity (Wildman–Crippen MR) is 80.7 cm³/mol. The van der Waals surface area contributed by atoms with Crippen molar-refractivity contribution in [3.63, 3.8) is 0 Å². The zero-order valence-corrected chi connectivity index (χ0v) is 12.7. The van der Waals surface area contributed by atoms with E-state index in [0.29, 0.717) is 42.1 Å². The van der Waals surface area contributed by atoms with Gasteiger partial charge in [0.15, 0.2) is 5.82 Å². The molecule has 1 amide bonds. The van der Waals surface area contributed by atoms with Crippen molar-refractivity contribution in [3.8, 4) is 5.75 Å². The number of benzene rings is 1. The van der Waals surface area contributed by atoms with E-state index in [0.717, 1.165) is 6.42 Å². The lowest BCUT2D eigenvalue weighted by molar-refractivity contribution is 0.100. The Morgan fingerprint density at radius 2 is 2.14 bits per heavy atom. The minimum atomic E-state index is -0.458. The summed E-state index contributed by atoms with van der Waals surface area (Å²) >= 11 is 0. The first kappa shape index (κ1) is 16.0. The molecule has 22 heavy (non-hydrogen) atoms. The second kappa shape index (κ2) is 7.56. The Balaban J connectivity index is 1.79. The van der Waals surface area contributed by atoms with Gasteiger partial charge in [0.1, 0.15) is 5.75 Å². The molecule has 7 heteroatoms. The Labute approximate surface area is 128 Å². The zero-order valence-electron chi connectivity index (χ0n) is 12.7. The van der Waals surface area contributed by atoms with Crippen molar-refractivity contribution < 1.29 is 14.1 Å². The summed E-state index contributed by atoms with van der Waals surface area (Å²) in [6, 6.07) is 6.95. The van der Waals surface area contributed by atoms with E-state index in [9.17, 15) is 4.79 Å². The van der Waals surface area contributed by atoms with Gasteiger partial charge in [0, 0.05) is 18.0 Å². The number of carbonyl (C=O) groups is 1. The summed E-state index contributed by atoms with van der Waals surface area (Å²) in [5, 5.41) is 7.05. The van der Waals surface area contributed by atoms with Crippen molar-refractivity contribution in [2.24, 2.45) is 5.73 Å². The van der Waals surface area contributed by atoms with Crippen LogP contribution in [0.1, 0.15) is 29.0 Å². The molecule has 1 unspecified atom stereocenters. The molecule has 0 saturated carbocycles. The van der Waals surface area contributed by atoms with E-state index < -0.39 is 5.91 Å². The van der Waals surface area contributed by atoms with Crippen LogP contribution >= 0.6 is 0 Å². The number of rotatable bonds is 8. The van der Waals surface area contributed by atoms with E-state index in [1.54, 1.807) is 24.3 Å². The molecule has 1 aromatic heterocycles. The van der Waals surface area contributed by atoms with E-state index in [1.165, 1.54) is 0 Å². The van der Waals surface area contributed by atoms with E-state index >= 15 is 0 Å². The number of nitrogens with two attached hydrogens (primary N) is 1.